The highest BCUT2D eigenvalue weighted by Crippen LogP contribution is 2.35. The smallest absolute Gasteiger partial charge is 0.352 e. The molecule has 0 unspecified atom stereocenters. The minimum atomic E-state index is -0.959. The Morgan fingerprint density at radius 3 is 3.14 bits per heavy atom. The summed E-state index contributed by atoms with van der Waals surface area (Å²) in [6, 6.07) is 7.42. The molecule has 2 aliphatic rings. The van der Waals surface area contributed by atoms with Crippen LogP contribution in [-0.2, 0) is 11.3 Å². The molecule has 0 fully saturated rings. The van der Waals surface area contributed by atoms with Gasteiger partial charge in [0.1, 0.15) is 17.7 Å². The zero-order valence-corrected chi connectivity index (χ0v) is 11.4. The summed E-state index contributed by atoms with van der Waals surface area (Å²) in [6.45, 7) is 0.410. The molecule has 0 amide bonds. The van der Waals surface area contributed by atoms with Crippen LogP contribution in [0.2, 0.25) is 0 Å². The Bertz CT molecular complexity index is 916. The monoisotopic (exact) mass is 293 g/mol. The highest BCUT2D eigenvalue weighted by atomic mass is 16.5. The Labute approximate surface area is 125 Å². The molecule has 0 saturated heterocycles. The van der Waals surface area contributed by atoms with E-state index in [0.717, 1.165) is 22.0 Å². The van der Waals surface area contributed by atoms with Crippen LogP contribution in [0.15, 0.2) is 65.0 Å². The molecule has 2 aliphatic heterocycles. The molecule has 108 valence electrons. The van der Waals surface area contributed by atoms with Crippen LogP contribution in [0, 0.1) is 0 Å². The summed E-state index contributed by atoms with van der Waals surface area (Å²) in [6.07, 6.45) is 6.48. The number of allylic oxidation sites excluding steroid dienone is 2. The Hall–Kier alpha value is -3.15. The maximum atomic E-state index is 11.5. The largest absolute Gasteiger partial charge is 0.477 e. The van der Waals surface area contributed by atoms with Crippen LogP contribution < -0.4 is 0 Å². The molecule has 0 saturated carbocycles. The first-order chi connectivity index (χ1) is 10.8. The number of carboxylic acids is 1. The van der Waals surface area contributed by atoms with E-state index in [4.69, 9.17) is 4.74 Å². The molecule has 4 rings (SSSR count). The Morgan fingerprint density at radius 1 is 1.36 bits per heavy atom. The molecular weight excluding hydrogens is 282 g/mol. The average Bonchev–Trinajstić information content (AvgIpc) is 3.11. The molecule has 22 heavy (non-hydrogen) atoms. The molecule has 0 atom stereocenters. The Balaban J connectivity index is 2.09. The first-order valence-electron chi connectivity index (χ1n) is 6.73. The quantitative estimate of drug-likeness (QED) is 0.873. The number of rotatable bonds is 1. The van der Waals surface area contributed by atoms with E-state index >= 15 is 0 Å². The number of azo groups is 1. The van der Waals surface area contributed by atoms with Crippen molar-refractivity contribution in [2.24, 2.45) is 10.2 Å². The fourth-order valence-electron chi connectivity index (χ4n) is 2.78. The molecule has 0 bridgehead atoms. The van der Waals surface area contributed by atoms with Gasteiger partial charge in [-0.25, -0.2) is 4.79 Å². The molecule has 0 radical (unpaired) electrons. The number of ether oxygens (including phenoxy) is 1. The van der Waals surface area contributed by atoms with E-state index in [1.165, 1.54) is 12.5 Å². The number of fused-ring (bicyclic) bond motifs is 2. The molecule has 3 heterocycles. The topological polar surface area (TPSA) is 76.2 Å². The van der Waals surface area contributed by atoms with Crippen molar-refractivity contribution in [3.05, 3.63) is 66.0 Å². The van der Waals surface area contributed by atoms with E-state index in [2.05, 4.69) is 10.2 Å². The second-order valence-electron chi connectivity index (χ2n) is 4.96. The van der Waals surface area contributed by atoms with Gasteiger partial charge >= 0.3 is 5.97 Å². The summed E-state index contributed by atoms with van der Waals surface area (Å²) in [5.74, 6) is -0.959. The summed E-state index contributed by atoms with van der Waals surface area (Å²) in [5.41, 5.74) is 3.42. The van der Waals surface area contributed by atoms with Crippen molar-refractivity contribution in [3.8, 4) is 0 Å². The number of aromatic carboxylic acids is 1. The lowest BCUT2D eigenvalue weighted by atomic mass is 10.0. The number of carbonyl (C=O) groups is 1. The predicted octanol–water partition coefficient (Wildman–Crippen LogP) is 3.53. The van der Waals surface area contributed by atoms with Gasteiger partial charge in [0.15, 0.2) is 0 Å². The molecule has 1 N–H and O–H groups in total. The molecule has 2 aromatic rings. The van der Waals surface area contributed by atoms with Crippen LogP contribution in [0.1, 0.15) is 16.1 Å². The zero-order chi connectivity index (χ0) is 15.1. The zero-order valence-electron chi connectivity index (χ0n) is 11.4. The van der Waals surface area contributed by atoms with E-state index in [-0.39, 0.29) is 5.69 Å². The Kier molecular flexibility index (Phi) is 2.69. The van der Waals surface area contributed by atoms with Crippen LogP contribution in [0.5, 0.6) is 0 Å². The summed E-state index contributed by atoms with van der Waals surface area (Å²) >= 11 is 0. The van der Waals surface area contributed by atoms with Gasteiger partial charge in [-0.15, -0.1) is 5.11 Å². The second kappa shape index (κ2) is 4.70. The van der Waals surface area contributed by atoms with Crippen molar-refractivity contribution >= 4 is 22.4 Å². The van der Waals surface area contributed by atoms with Gasteiger partial charge in [0.05, 0.1) is 18.0 Å². The summed E-state index contributed by atoms with van der Waals surface area (Å²) in [5, 5.41) is 18.3. The number of benzene rings is 1. The fraction of sp³-hybridized carbons (Fsp3) is 0.0625. The molecule has 6 heteroatoms. The van der Waals surface area contributed by atoms with E-state index in [1.807, 2.05) is 18.2 Å². The normalized spacial score (nSPS) is 19.8. The average molecular weight is 293 g/mol. The molecule has 0 aliphatic carbocycles. The number of aromatic nitrogens is 1. The van der Waals surface area contributed by atoms with Gasteiger partial charge in [-0.05, 0) is 12.1 Å². The SMILES string of the molecule is O=C(O)c1cc2cccc3c2n1C/C=C\O/C=C1\N=NC=C13. The summed E-state index contributed by atoms with van der Waals surface area (Å²) < 4.78 is 7.07. The van der Waals surface area contributed by atoms with E-state index < -0.39 is 5.97 Å². The van der Waals surface area contributed by atoms with Gasteiger partial charge < -0.3 is 14.4 Å². The lowest BCUT2D eigenvalue weighted by Crippen LogP contribution is -2.08. The Morgan fingerprint density at radius 2 is 2.27 bits per heavy atom. The molecule has 0 spiro atoms. The third-order valence-electron chi connectivity index (χ3n) is 3.70. The lowest BCUT2D eigenvalue weighted by molar-refractivity contribution is 0.0686. The van der Waals surface area contributed by atoms with Crippen molar-refractivity contribution in [2.75, 3.05) is 0 Å². The maximum absolute atomic E-state index is 11.5. The van der Waals surface area contributed by atoms with Crippen molar-refractivity contribution in [3.63, 3.8) is 0 Å². The van der Waals surface area contributed by atoms with Crippen molar-refractivity contribution in [2.45, 2.75) is 6.54 Å². The minimum Gasteiger partial charge on any atom is -0.477 e. The third-order valence-corrected chi connectivity index (χ3v) is 3.70. The van der Waals surface area contributed by atoms with Crippen LogP contribution in [-0.4, -0.2) is 15.6 Å². The standard InChI is InChI=1S/C16H11N3O3/c20-16(21)14-7-10-3-1-4-11-12-8-17-18-13(12)9-22-6-2-5-19(14)15(10)11/h1-4,6-9H,5H2,(H,20,21)/b6-2-,13-9-. The predicted molar refractivity (Wildman–Crippen MR) is 80.0 cm³/mol. The lowest BCUT2D eigenvalue weighted by Gasteiger charge is -2.12. The van der Waals surface area contributed by atoms with Crippen molar-refractivity contribution < 1.29 is 14.6 Å². The van der Waals surface area contributed by atoms with Gasteiger partial charge in [-0.2, -0.15) is 5.11 Å². The molecule has 1 aromatic heterocycles. The van der Waals surface area contributed by atoms with Gasteiger partial charge in [-0.1, -0.05) is 18.2 Å². The highest BCUT2D eigenvalue weighted by Gasteiger charge is 2.21. The van der Waals surface area contributed by atoms with E-state index in [0.29, 0.717) is 12.2 Å². The highest BCUT2D eigenvalue weighted by molar-refractivity contribution is 6.01. The van der Waals surface area contributed by atoms with Crippen LogP contribution in [0.3, 0.4) is 0 Å². The number of hydrogen-bond acceptors (Lipinski definition) is 4. The van der Waals surface area contributed by atoms with E-state index in [9.17, 15) is 9.90 Å². The van der Waals surface area contributed by atoms with Crippen LogP contribution in [0.25, 0.3) is 16.5 Å². The van der Waals surface area contributed by atoms with E-state index in [1.54, 1.807) is 22.9 Å². The van der Waals surface area contributed by atoms with Crippen LogP contribution in [0.4, 0.5) is 0 Å². The van der Waals surface area contributed by atoms with Crippen molar-refractivity contribution in [1.82, 2.24) is 4.57 Å². The first-order valence-corrected chi connectivity index (χ1v) is 6.73. The van der Waals surface area contributed by atoms with Crippen LogP contribution >= 0.6 is 0 Å². The van der Waals surface area contributed by atoms with Gasteiger partial charge in [0, 0.05) is 23.1 Å². The number of para-hydroxylation sites is 1. The second-order valence-corrected chi connectivity index (χ2v) is 4.96. The van der Waals surface area contributed by atoms with Gasteiger partial charge in [0.25, 0.3) is 0 Å². The molecule has 1 aromatic carbocycles. The number of hydrogen-bond donors (Lipinski definition) is 1. The molecule has 6 nitrogen and oxygen atoms in total. The minimum absolute atomic E-state index is 0.241. The molecular formula is C16H11N3O3. The number of carboxylic acid groups (broad SMARTS) is 1. The van der Waals surface area contributed by atoms with Crippen molar-refractivity contribution in [1.29, 1.82) is 0 Å². The first kappa shape index (κ1) is 12.6. The number of nitrogens with zero attached hydrogens (tertiary/aromatic N) is 3. The fourth-order valence-corrected chi connectivity index (χ4v) is 2.78. The summed E-state index contributed by atoms with van der Waals surface area (Å²) in [4.78, 5) is 11.5. The third kappa shape index (κ3) is 1.77. The maximum Gasteiger partial charge on any atom is 0.352 e. The summed E-state index contributed by atoms with van der Waals surface area (Å²) in [7, 11) is 0. The van der Waals surface area contributed by atoms with Gasteiger partial charge in [0.2, 0.25) is 0 Å². The van der Waals surface area contributed by atoms with Gasteiger partial charge in [-0.3, -0.25) is 0 Å².